The van der Waals surface area contributed by atoms with Crippen molar-refractivity contribution >= 4 is 0 Å². The zero-order valence-electron chi connectivity index (χ0n) is 7.08. The minimum atomic E-state index is -0.236. The molecule has 3 N–H and O–H groups in total. The molecule has 66 valence electrons. The lowest BCUT2D eigenvalue weighted by Crippen LogP contribution is -2.56. The summed E-state index contributed by atoms with van der Waals surface area (Å²) in [5.41, 5.74) is -0.236. The Balaban J connectivity index is 2.51. The van der Waals surface area contributed by atoms with Crippen LogP contribution in [-0.2, 0) is 4.74 Å². The molecule has 0 aromatic carbocycles. The molecule has 4 heteroatoms. The third kappa shape index (κ3) is 2.41. The molecule has 0 aromatic rings. The second kappa shape index (κ2) is 3.06. The van der Waals surface area contributed by atoms with E-state index in [0.29, 0.717) is 13.1 Å². The lowest BCUT2D eigenvalue weighted by molar-refractivity contribution is -0.149. The van der Waals surface area contributed by atoms with Crippen molar-refractivity contribution in [3.8, 4) is 0 Å². The molecule has 1 saturated heterocycles. The largest absolute Gasteiger partial charge is 0.394 e. The van der Waals surface area contributed by atoms with Crippen LogP contribution in [-0.4, -0.2) is 41.5 Å². The fraction of sp³-hybridized carbons (Fsp3) is 1.00. The summed E-state index contributed by atoms with van der Waals surface area (Å²) in [5, 5.41) is 10.5. The summed E-state index contributed by atoms with van der Waals surface area (Å²) >= 11 is 0. The normalized spacial score (nSPS) is 32.2. The van der Waals surface area contributed by atoms with Crippen LogP contribution in [0.5, 0.6) is 0 Å². The van der Waals surface area contributed by atoms with Gasteiger partial charge in [0.05, 0.1) is 18.3 Å². The van der Waals surface area contributed by atoms with Gasteiger partial charge in [0.1, 0.15) is 0 Å². The van der Waals surface area contributed by atoms with Crippen LogP contribution in [0, 0.1) is 0 Å². The van der Waals surface area contributed by atoms with Crippen molar-refractivity contribution in [3.05, 3.63) is 0 Å². The van der Waals surface area contributed by atoms with Gasteiger partial charge in [-0.15, -0.1) is 0 Å². The Morgan fingerprint density at radius 1 is 1.73 bits per heavy atom. The Labute approximate surface area is 66.9 Å². The van der Waals surface area contributed by atoms with Gasteiger partial charge in [0.2, 0.25) is 0 Å². The molecule has 1 aliphatic heterocycles. The average Bonchev–Trinajstić information content (AvgIpc) is 1.83. The highest BCUT2D eigenvalue weighted by Crippen LogP contribution is 2.18. The molecule has 0 bridgehead atoms. The molecule has 0 saturated carbocycles. The van der Waals surface area contributed by atoms with Gasteiger partial charge in [-0.25, -0.2) is 5.01 Å². The second-order valence-electron chi connectivity index (χ2n) is 3.61. The van der Waals surface area contributed by atoms with E-state index in [-0.39, 0.29) is 18.3 Å². The zero-order valence-corrected chi connectivity index (χ0v) is 7.08. The first-order valence-corrected chi connectivity index (χ1v) is 3.82. The van der Waals surface area contributed by atoms with E-state index in [1.807, 2.05) is 13.8 Å². The Hall–Kier alpha value is -0.160. The van der Waals surface area contributed by atoms with Gasteiger partial charge < -0.3 is 9.84 Å². The summed E-state index contributed by atoms with van der Waals surface area (Å²) < 4.78 is 5.52. The van der Waals surface area contributed by atoms with Gasteiger partial charge in [0.15, 0.2) is 0 Å². The molecule has 1 atom stereocenters. The highest BCUT2D eigenvalue weighted by Gasteiger charge is 2.31. The number of hydrogen-bond donors (Lipinski definition) is 2. The number of rotatable bonds is 1. The van der Waals surface area contributed by atoms with Crippen molar-refractivity contribution in [2.24, 2.45) is 5.84 Å². The maximum atomic E-state index is 8.83. The summed E-state index contributed by atoms with van der Waals surface area (Å²) in [5.74, 6) is 5.62. The molecule has 0 aliphatic carbocycles. The maximum absolute atomic E-state index is 8.83. The van der Waals surface area contributed by atoms with Gasteiger partial charge in [-0.3, -0.25) is 5.84 Å². The van der Waals surface area contributed by atoms with Crippen LogP contribution < -0.4 is 5.84 Å². The number of nitrogens with two attached hydrogens (primary N) is 1. The number of aliphatic hydroxyl groups is 1. The number of nitrogens with zero attached hydrogens (tertiary/aromatic N) is 1. The molecule has 1 aliphatic rings. The molecule has 1 heterocycles. The van der Waals surface area contributed by atoms with Gasteiger partial charge in [-0.2, -0.15) is 0 Å². The van der Waals surface area contributed by atoms with Crippen LogP contribution in [0.25, 0.3) is 0 Å². The van der Waals surface area contributed by atoms with Crippen molar-refractivity contribution in [3.63, 3.8) is 0 Å². The smallest absolute Gasteiger partial charge is 0.0954 e. The first-order valence-electron chi connectivity index (χ1n) is 3.82. The molecule has 0 spiro atoms. The SMILES string of the molecule is CC1(C)CN(N)CC(CO)O1. The van der Waals surface area contributed by atoms with Crippen molar-refractivity contribution in [2.45, 2.75) is 25.6 Å². The van der Waals surface area contributed by atoms with Crippen LogP contribution >= 0.6 is 0 Å². The van der Waals surface area contributed by atoms with E-state index in [9.17, 15) is 0 Å². The fourth-order valence-corrected chi connectivity index (χ4v) is 1.44. The first kappa shape index (κ1) is 8.93. The third-order valence-corrected chi connectivity index (χ3v) is 1.71. The molecule has 0 aromatic heterocycles. The highest BCUT2D eigenvalue weighted by atomic mass is 16.5. The van der Waals surface area contributed by atoms with Crippen molar-refractivity contribution in [1.29, 1.82) is 0 Å². The number of ether oxygens (including phenoxy) is 1. The van der Waals surface area contributed by atoms with Gasteiger partial charge in [0.25, 0.3) is 0 Å². The summed E-state index contributed by atoms with van der Waals surface area (Å²) in [6.45, 7) is 5.30. The Kier molecular flexibility index (Phi) is 2.49. The highest BCUT2D eigenvalue weighted by molar-refractivity contribution is 4.81. The maximum Gasteiger partial charge on any atom is 0.0954 e. The molecule has 0 radical (unpaired) electrons. The number of aliphatic hydroxyl groups excluding tert-OH is 1. The second-order valence-corrected chi connectivity index (χ2v) is 3.61. The summed E-state index contributed by atoms with van der Waals surface area (Å²) in [6.07, 6.45) is -0.135. The van der Waals surface area contributed by atoms with Crippen LogP contribution in [0.15, 0.2) is 0 Å². The number of morpholine rings is 1. The van der Waals surface area contributed by atoms with Crippen molar-refractivity contribution < 1.29 is 9.84 Å². The van der Waals surface area contributed by atoms with Crippen LogP contribution in [0.2, 0.25) is 0 Å². The minimum Gasteiger partial charge on any atom is -0.394 e. The van der Waals surface area contributed by atoms with E-state index in [1.165, 1.54) is 0 Å². The molecule has 11 heavy (non-hydrogen) atoms. The van der Waals surface area contributed by atoms with E-state index in [1.54, 1.807) is 5.01 Å². The number of hydrazine groups is 1. The van der Waals surface area contributed by atoms with E-state index < -0.39 is 0 Å². The molecular weight excluding hydrogens is 144 g/mol. The summed E-state index contributed by atoms with van der Waals surface area (Å²) in [7, 11) is 0. The van der Waals surface area contributed by atoms with Crippen LogP contribution in [0.3, 0.4) is 0 Å². The summed E-state index contributed by atoms with van der Waals surface area (Å²) in [6, 6.07) is 0. The first-order chi connectivity index (χ1) is 5.03. The quantitative estimate of drug-likeness (QED) is 0.500. The number of hydrogen-bond acceptors (Lipinski definition) is 4. The minimum absolute atomic E-state index is 0.0388. The molecule has 1 fully saturated rings. The molecule has 1 unspecified atom stereocenters. The summed E-state index contributed by atoms with van der Waals surface area (Å²) in [4.78, 5) is 0. The molecular formula is C7H16N2O2. The van der Waals surface area contributed by atoms with Gasteiger partial charge in [-0.05, 0) is 13.8 Å². The third-order valence-electron chi connectivity index (χ3n) is 1.71. The van der Waals surface area contributed by atoms with Crippen molar-refractivity contribution in [1.82, 2.24) is 5.01 Å². The van der Waals surface area contributed by atoms with E-state index in [0.717, 1.165) is 0 Å². The zero-order chi connectivity index (χ0) is 8.48. The van der Waals surface area contributed by atoms with E-state index in [2.05, 4.69) is 0 Å². The fourth-order valence-electron chi connectivity index (χ4n) is 1.44. The predicted molar refractivity (Wildman–Crippen MR) is 41.8 cm³/mol. The molecule has 0 amide bonds. The van der Waals surface area contributed by atoms with Crippen LogP contribution in [0.1, 0.15) is 13.8 Å². The molecule has 1 rings (SSSR count). The van der Waals surface area contributed by atoms with Gasteiger partial charge >= 0.3 is 0 Å². The van der Waals surface area contributed by atoms with Crippen molar-refractivity contribution in [2.75, 3.05) is 19.7 Å². The average molecular weight is 160 g/mol. The standard InChI is InChI=1S/C7H16N2O2/c1-7(2)5-9(8)3-6(4-10)11-7/h6,10H,3-5,8H2,1-2H3. The topological polar surface area (TPSA) is 58.7 Å². The predicted octanol–water partition coefficient (Wildman–Crippen LogP) is -0.668. The van der Waals surface area contributed by atoms with E-state index >= 15 is 0 Å². The Morgan fingerprint density at radius 2 is 2.36 bits per heavy atom. The Morgan fingerprint density at radius 3 is 2.82 bits per heavy atom. The van der Waals surface area contributed by atoms with Gasteiger partial charge in [0, 0.05) is 13.1 Å². The molecule has 4 nitrogen and oxygen atoms in total. The lowest BCUT2D eigenvalue weighted by atomic mass is 10.1. The van der Waals surface area contributed by atoms with Gasteiger partial charge in [-0.1, -0.05) is 0 Å². The monoisotopic (exact) mass is 160 g/mol. The van der Waals surface area contributed by atoms with E-state index in [4.69, 9.17) is 15.7 Å². The van der Waals surface area contributed by atoms with Crippen LogP contribution in [0.4, 0.5) is 0 Å². The lowest BCUT2D eigenvalue weighted by Gasteiger charge is -2.40. The Bertz CT molecular complexity index is 138.